The maximum atomic E-state index is 10.2. The molecule has 28 heavy (non-hydrogen) atoms. The Morgan fingerprint density at radius 3 is 2.57 bits per heavy atom. The predicted molar refractivity (Wildman–Crippen MR) is 119 cm³/mol. The van der Waals surface area contributed by atoms with E-state index in [1.54, 1.807) is 0 Å². The molecule has 1 heteroatoms. The third-order valence-corrected chi connectivity index (χ3v) is 10.2. The van der Waals surface area contributed by atoms with E-state index in [0.29, 0.717) is 10.8 Å². The lowest BCUT2D eigenvalue weighted by Crippen LogP contribution is -2.48. The van der Waals surface area contributed by atoms with Crippen LogP contribution in [0.1, 0.15) is 105 Å². The van der Waals surface area contributed by atoms with Crippen LogP contribution in [0.25, 0.3) is 0 Å². The van der Waals surface area contributed by atoms with E-state index in [4.69, 9.17) is 0 Å². The molecule has 3 fully saturated rings. The van der Waals surface area contributed by atoms with E-state index in [-0.39, 0.29) is 6.10 Å². The number of rotatable bonds is 5. The van der Waals surface area contributed by atoms with Crippen LogP contribution in [-0.2, 0) is 0 Å². The predicted octanol–water partition coefficient (Wildman–Crippen LogP) is 7.39. The minimum atomic E-state index is -0.0355. The highest BCUT2D eigenvalue weighted by atomic mass is 16.3. The Bertz CT molecular complexity index is 591. The molecule has 4 rings (SSSR count). The molecule has 0 aliphatic heterocycles. The summed E-state index contributed by atoms with van der Waals surface area (Å²) in [5.41, 5.74) is 2.78. The van der Waals surface area contributed by atoms with E-state index in [0.717, 1.165) is 48.3 Å². The van der Waals surface area contributed by atoms with Gasteiger partial charge in [-0.2, -0.15) is 0 Å². The van der Waals surface area contributed by atoms with E-state index >= 15 is 0 Å². The summed E-state index contributed by atoms with van der Waals surface area (Å²) in [4.78, 5) is 0. The number of aliphatic hydroxyl groups is 1. The van der Waals surface area contributed by atoms with Crippen molar-refractivity contribution in [1.82, 2.24) is 0 Å². The largest absolute Gasteiger partial charge is 0.393 e. The van der Waals surface area contributed by atoms with Crippen molar-refractivity contribution in [3.05, 3.63) is 11.6 Å². The highest BCUT2D eigenvalue weighted by Gasteiger charge is 2.57. The van der Waals surface area contributed by atoms with Gasteiger partial charge in [-0.3, -0.25) is 0 Å². The first-order valence-electron chi connectivity index (χ1n) is 12.6. The molecule has 4 aliphatic carbocycles. The summed E-state index contributed by atoms with van der Waals surface area (Å²) in [5.74, 6) is 5.18. The normalized spacial score (nSPS) is 46.5. The Labute approximate surface area is 174 Å². The van der Waals surface area contributed by atoms with Gasteiger partial charge < -0.3 is 5.11 Å². The van der Waals surface area contributed by atoms with E-state index in [9.17, 15) is 5.11 Å². The molecule has 1 N–H and O–H groups in total. The molecule has 0 radical (unpaired) electrons. The summed E-state index contributed by atoms with van der Waals surface area (Å²) >= 11 is 0. The zero-order chi connectivity index (χ0) is 20.1. The SMILES string of the molecule is CC(C)CCC[C@@H](C)[C@H]1CC[C@H]2[C@@H]3CCC4C[C@H](O)CC[C@]4(C)C3=CC[C@]12C. The van der Waals surface area contributed by atoms with Crippen LogP contribution in [0.3, 0.4) is 0 Å². The van der Waals surface area contributed by atoms with Gasteiger partial charge in [-0.15, -0.1) is 0 Å². The Morgan fingerprint density at radius 1 is 1.04 bits per heavy atom. The molecule has 0 amide bonds. The second kappa shape index (κ2) is 7.75. The van der Waals surface area contributed by atoms with Gasteiger partial charge in [-0.05, 0) is 97.7 Å². The Kier molecular flexibility index (Phi) is 5.80. The van der Waals surface area contributed by atoms with Gasteiger partial charge in [0.1, 0.15) is 0 Å². The molecule has 1 unspecified atom stereocenters. The summed E-state index contributed by atoms with van der Waals surface area (Å²) < 4.78 is 0. The standard InChI is InChI=1S/C27H46O/c1-18(2)7-6-8-19(3)23-11-12-24-22-10-9-20-17-21(28)13-15-26(20,4)25(22)14-16-27(23,24)5/h14,18-24,28H,6-13,15-17H2,1-5H3/t19-,20?,21-,22+,23-,24+,26+,27-/m1/s1. The zero-order valence-electron chi connectivity index (χ0n) is 19.3. The number of aliphatic hydroxyl groups excluding tert-OH is 1. The maximum absolute atomic E-state index is 10.2. The van der Waals surface area contributed by atoms with Gasteiger partial charge in [0.05, 0.1) is 6.10 Å². The van der Waals surface area contributed by atoms with Gasteiger partial charge in [-0.1, -0.05) is 65.5 Å². The van der Waals surface area contributed by atoms with Crippen molar-refractivity contribution >= 4 is 0 Å². The van der Waals surface area contributed by atoms with Gasteiger partial charge in [0, 0.05) is 0 Å². The summed E-state index contributed by atoms with van der Waals surface area (Å²) in [7, 11) is 0. The van der Waals surface area contributed by atoms with Crippen molar-refractivity contribution in [2.75, 3.05) is 0 Å². The number of hydrogen-bond acceptors (Lipinski definition) is 1. The van der Waals surface area contributed by atoms with Crippen LogP contribution in [-0.4, -0.2) is 11.2 Å². The van der Waals surface area contributed by atoms with Crippen LogP contribution in [0.2, 0.25) is 0 Å². The van der Waals surface area contributed by atoms with Crippen molar-refractivity contribution in [3.8, 4) is 0 Å². The molecule has 0 bridgehead atoms. The molecule has 0 saturated heterocycles. The number of fused-ring (bicyclic) bond motifs is 5. The fourth-order valence-corrected chi connectivity index (χ4v) is 8.53. The third-order valence-electron chi connectivity index (χ3n) is 10.2. The second-order valence-electron chi connectivity index (χ2n) is 12.2. The lowest BCUT2D eigenvalue weighted by atomic mass is 9.48. The molecule has 0 aromatic carbocycles. The zero-order valence-corrected chi connectivity index (χ0v) is 19.3. The first-order valence-corrected chi connectivity index (χ1v) is 12.6. The minimum Gasteiger partial charge on any atom is -0.393 e. The Morgan fingerprint density at radius 2 is 1.82 bits per heavy atom. The molecule has 1 nitrogen and oxygen atoms in total. The summed E-state index contributed by atoms with van der Waals surface area (Å²) in [6.45, 7) is 12.5. The first kappa shape index (κ1) is 21.0. The molecular formula is C27H46O. The molecule has 4 aliphatic rings. The van der Waals surface area contributed by atoms with E-state index in [1.807, 2.05) is 5.57 Å². The molecule has 0 heterocycles. The van der Waals surface area contributed by atoms with Gasteiger partial charge in [0.2, 0.25) is 0 Å². The monoisotopic (exact) mass is 386 g/mol. The van der Waals surface area contributed by atoms with E-state index < -0.39 is 0 Å². The van der Waals surface area contributed by atoms with Crippen molar-refractivity contribution in [2.45, 2.75) is 111 Å². The fourth-order valence-electron chi connectivity index (χ4n) is 8.53. The van der Waals surface area contributed by atoms with Crippen molar-refractivity contribution < 1.29 is 5.11 Å². The molecule has 0 aromatic rings. The van der Waals surface area contributed by atoms with Gasteiger partial charge in [0.15, 0.2) is 0 Å². The molecule has 0 spiro atoms. The number of allylic oxidation sites excluding steroid dienone is 2. The van der Waals surface area contributed by atoms with Gasteiger partial charge in [-0.25, -0.2) is 0 Å². The molecule has 3 saturated carbocycles. The van der Waals surface area contributed by atoms with Crippen molar-refractivity contribution in [1.29, 1.82) is 0 Å². The van der Waals surface area contributed by atoms with E-state index in [1.165, 1.54) is 57.8 Å². The minimum absolute atomic E-state index is 0.0355. The summed E-state index contributed by atoms with van der Waals surface area (Å²) in [6.07, 6.45) is 17.3. The average Bonchev–Trinajstić information content (AvgIpc) is 2.99. The van der Waals surface area contributed by atoms with Crippen LogP contribution in [0.15, 0.2) is 11.6 Å². The lowest BCUT2D eigenvalue weighted by molar-refractivity contribution is -0.0158. The summed E-state index contributed by atoms with van der Waals surface area (Å²) in [5, 5.41) is 10.2. The van der Waals surface area contributed by atoms with Crippen LogP contribution >= 0.6 is 0 Å². The van der Waals surface area contributed by atoms with Crippen LogP contribution in [0.5, 0.6) is 0 Å². The smallest absolute Gasteiger partial charge is 0.0543 e. The molecular weight excluding hydrogens is 340 g/mol. The average molecular weight is 387 g/mol. The van der Waals surface area contributed by atoms with Crippen LogP contribution < -0.4 is 0 Å². The second-order valence-corrected chi connectivity index (χ2v) is 12.2. The fraction of sp³-hybridized carbons (Fsp3) is 0.926. The topological polar surface area (TPSA) is 20.2 Å². The summed E-state index contributed by atoms with van der Waals surface area (Å²) in [6, 6.07) is 0. The molecule has 8 atom stereocenters. The van der Waals surface area contributed by atoms with Crippen LogP contribution in [0, 0.1) is 46.3 Å². The maximum Gasteiger partial charge on any atom is 0.0543 e. The van der Waals surface area contributed by atoms with Crippen molar-refractivity contribution in [2.24, 2.45) is 46.3 Å². The lowest BCUT2D eigenvalue weighted by Gasteiger charge is -2.57. The van der Waals surface area contributed by atoms with Gasteiger partial charge >= 0.3 is 0 Å². The Hall–Kier alpha value is -0.300. The molecule has 0 aromatic heterocycles. The molecule has 160 valence electrons. The van der Waals surface area contributed by atoms with Crippen molar-refractivity contribution in [3.63, 3.8) is 0 Å². The number of hydrogen-bond donors (Lipinski definition) is 1. The van der Waals surface area contributed by atoms with Gasteiger partial charge in [0.25, 0.3) is 0 Å². The third kappa shape index (κ3) is 3.42. The highest BCUT2D eigenvalue weighted by Crippen LogP contribution is 2.66. The Balaban J connectivity index is 1.51. The quantitative estimate of drug-likeness (QED) is 0.488. The highest BCUT2D eigenvalue weighted by molar-refractivity contribution is 5.29. The van der Waals surface area contributed by atoms with E-state index in [2.05, 4.69) is 40.7 Å². The first-order chi connectivity index (χ1) is 13.3. The van der Waals surface area contributed by atoms with Crippen LogP contribution in [0.4, 0.5) is 0 Å².